The highest BCUT2D eigenvalue weighted by Crippen LogP contribution is 2.39. The van der Waals surface area contributed by atoms with Crippen molar-refractivity contribution in [3.05, 3.63) is 39.3 Å². The van der Waals surface area contributed by atoms with Gasteiger partial charge in [0.05, 0.1) is 6.20 Å². The van der Waals surface area contributed by atoms with E-state index in [1.165, 1.54) is 17.5 Å². The first kappa shape index (κ1) is 14.1. The Labute approximate surface area is 113 Å². The number of aromatic nitrogens is 2. The molecule has 2 aromatic rings. The van der Waals surface area contributed by atoms with Crippen LogP contribution in [0.1, 0.15) is 54.3 Å². The van der Waals surface area contributed by atoms with Gasteiger partial charge in [0, 0.05) is 16.4 Å². The van der Waals surface area contributed by atoms with Crippen molar-refractivity contribution in [2.45, 2.75) is 38.8 Å². The minimum absolute atomic E-state index is 0.205. The van der Waals surface area contributed by atoms with Crippen LogP contribution in [-0.2, 0) is 6.18 Å². The minimum Gasteiger partial charge on any atom is -0.273 e. The van der Waals surface area contributed by atoms with Crippen LogP contribution in [0.5, 0.6) is 0 Å². The standard InChI is InChI=1S/C13H15F3N2S/c1-7(2)9-4-5-19-11(9)8(3)10-6-17-18-12(10)13(14,15)16/h4-8H,1-3H3,(H,17,18). The van der Waals surface area contributed by atoms with Crippen molar-refractivity contribution in [3.63, 3.8) is 0 Å². The van der Waals surface area contributed by atoms with Gasteiger partial charge in [-0.25, -0.2) is 0 Å². The Balaban J connectivity index is 2.43. The molecule has 6 heteroatoms. The fraction of sp³-hybridized carbons (Fsp3) is 0.462. The molecule has 19 heavy (non-hydrogen) atoms. The van der Waals surface area contributed by atoms with Crippen LogP contribution in [0.2, 0.25) is 0 Å². The fourth-order valence-corrected chi connectivity index (χ4v) is 3.28. The van der Waals surface area contributed by atoms with Crippen LogP contribution in [-0.4, -0.2) is 10.2 Å². The van der Waals surface area contributed by atoms with Crippen LogP contribution in [0.3, 0.4) is 0 Å². The van der Waals surface area contributed by atoms with Crippen LogP contribution in [0.15, 0.2) is 17.6 Å². The summed E-state index contributed by atoms with van der Waals surface area (Å²) in [5.41, 5.74) is 0.562. The van der Waals surface area contributed by atoms with Crippen LogP contribution in [0, 0.1) is 0 Å². The quantitative estimate of drug-likeness (QED) is 0.866. The number of aromatic amines is 1. The lowest BCUT2D eigenvalue weighted by Crippen LogP contribution is -2.11. The van der Waals surface area contributed by atoms with E-state index in [1.807, 2.05) is 25.3 Å². The van der Waals surface area contributed by atoms with E-state index in [1.54, 1.807) is 6.92 Å². The summed E-state index contributed by atoms with van der Waals surface area (Å²) in [6.45, 7) is 5.87. The summed E-state index contributed by atoms with van der Waals surface area (Å²) < 4.78 is 38.6. The molecule has 0 saturated carbocycles. The van der Waals surface area contributed by atoms with Gasteiger partial charge in [-0.05, 0) is 22.9 Å². The summed E-state index contributed by atoms with van der Waals surface area (Å²) in [7, 11) is 0. The third-order valence-corrected chi connectivity index (χ3v) is 4.28. The normalized spacial score (nSPS) is 14.1. The zero-order chi connectivity index (χ0) is 14.2. The first-order valence-corrected chi connectivity index (χ1v) is 6.88. The molecule has 0 aromatic carbocycles. The maximum atomic E-state index is 12.9. The summed E-state index contributed by atoms with van der Waals surface area (Å²) in [5.74, 6) is -0.0160. The van der Waals surface area contributed by atoms with Crippen molar-refractivity contribution in [2.24, 2.45) is 0 Å². The zero-order valence-corrected chi connectivity index (χ0v) is 11.7. The number of rotatable bonds is 3. The average molecular weight is 288 g/mol. The first-order chi connectivity index (χ1) is 8.82. The zero-order valence-electron chi connectivity index (χ0n) is 10.9. The van der Waals surface area contributed by atoms with Crippen LogP contribution >= 0.6 is 11.3 Å². The molecule has 1 atom stereocenters. The number of hydrogen-bond donors (Lipinski definition) is 1. The Morgan fingerprint density at radius 1 is 1.21 bits per heavy atom. The smallest absolute Gasteiger partial charge is 0.273 e. The van der Waals surface area contributed by atoms with Gasteiger partial charge in [0.1, 0.15) is 5.69 Å². The lowest BCUT2D eigenvalue weighted by atomic mass is 9.93. The molecule has 0 saturated heterocycles. The summed E-state index contributed by atoms with van der Waals surface area (Å²) in [6, 6.07) is 1.98. The summed E-state index contributed by atoms with van der Waals surface area (Å²) in [5, 5.41) is 7.55. The highest BCUT2D eigenvalue weighted by atomic mass is 32.1. The van der Waals surface area contributed by atoms with Crippen molar-refractivity contribution in [1.29, 1.82) is 0 Å². The van der Waals surface area contributed by atoms with Gasteiger partial charge in [-0.15, -0.1) is 11.3 Å². The number of alkyl halides is 3. The number of thiophene rings is 1. The molecule has 104 valence electrons. The molecular formula is C13H15F3N2S. The first-order valence-electron chi connectivity index (χ1n) is 6.00. The second kappa shape index (κ2) is 5.00. The lowest BCUT2D eigenvalue weighted by molar-refractivity contribution is -0.141. The predicted molar refractivity (Wildman–Crippen MR) is 69.5 cm³/mol. The maximum Gasteiger partial charge on any atom is 0.433 e. The van der Waals surface area contributed by atoms with Crippen molar-refractivity contribution < 1.29 is 13.2 Å². The van der Waals surface area contributed by atoms with Crippen LogP contribution < -0.4 is 0 Å². The maximum absolute atomic E-state index is 12.9. The molecule has 2 nitrogen and oxygen atoms in total. The van der Waals surface area contributed by atoms with Crippen molar-refractivity contribution in [1.82, 2.24) is 10.2 Å². The third kappa shape index (κ3) is 2.68. The second-order valence-corrected chi connectivity index (χ2v) is 5.76. The number of nitrogens with one attached hydrogen (secondary N) is 1. The molecule has 0 fully saturated rings. The Hall–Kier alpha value is -1.30. The number of H-pyrrole nitrogens is 1. The average Bonchev–Trinajstić information content (AvgIpc) is 2.96. The topological polar surface area (TPSA) is 28.7 Å². The number of halogens is 3. The van der Waals surface area contributed by atoms with Crippen molar-refractivity contribution >= 4 is 11.3 Å². The largest absolute Gasteiger partial charge is 0.433 e. The number of nitrogens with zero attached hydrogens (tertiary/aromatic N) is 1. The molecule has 0 radical (unpaired) electrons. The van der Waals surface area contributed by atoms with Crippen LogP contribution in [0.4, 0.5) is 13.2 Å². The third-order valence-electron chi connectivity index (χ3n) is 3.16. The van der Waals surface area contributed by atoms with E-state index < -0.39 is 11.9 Å². The highest BCUT2D eigenvalue weighted by molar-refractivity contribution is 7.10. The van der Waals surface area contributed by atoms with E-state index in [2.05, 4.69) is 10.2 Å². The summed E-state index contributed by atoms with van der Waals surface area (Å²) in [4.78, 5) is 0.974. The Morgan fingerprint density at radius 2 is 1.89 bits per heavy atom. The molecule has 0 amide bonds. The molecule has 2 aromatic heterocycles. The molecule has 2 heterocycles. The van der Waals surface area contributed by atoms with Gasteiger partial charge in [-0.2, -0.15) is 18.3 Å². The van der Waals surface area contributed by atoms with E-state index in [0.29, 0.717) is 5.92 Å². The second-order valence-electron chi connectivity index (χ2n) is 4.81. The van der Waals surface area contributed by atoms with Crippen molar-refractivity contribution in [2.75, 3.05) is 0 Å². The Bertz CT molecular complexity index is 554. The van der Waals surface area contributed by atoms with E-state index in [9.17, 15) is 13.2 Å². The fourth-order valence-electron chi connectivity index (χ4n) is 2.15. The predicted octanol–water partition coefficient (Wildman–Crippen LogP) is 4.77. The molecule has 2 rings (SSSR count). The van der Waals surface area contributed by atoms with Crippen molar-refractivity contribution in [3.8, 4) is 0 Å². The Kier molecular flexibility index (Phi) is 3.71. The van der Waals surface area contributed by atoms with Gasteiger partial charge in [0.2, 0.25) is 0 Å². The summed E-state index contributed by atoms with van der Waals surface area (Å²) in [6.07, 6.45) is -3.12. The number of hydrogen-bond acceptors (Lipinski definition) is 2. The van der Waals surface area contributed by atoms with Gasteiger partial charge in [0.25, 0.3) is 0 Å². The Morgan fingerprint density at radius 3 is 2.47 bits per heavy atom. The molecule has 0 aliphatic heterocycles. The SMILES string of the molecule is CC(C)c1ccsc1C(C)c1cn[nH]c1C(F)(F)F. The van der Waals surface area contributed by atoms with E-state index in [4.69, 9.17) is 0 Å². The molecule has 0 spiro atoms. The molecule has 0 bridgehead atoms. The summed E-state index contributed by atoms with van der Waals surface area (Å²) >= 11 is 1.49. The van der Waals surface area contributed by atoms with Gasteiger partial charge in [0.15, 0.2) is 0 Å². The minimum atomic E-state index is -4.39. The molecule has 0 aliphatic carbocycles. The van der Waals surface area contributed by atoms with Gasteiger partial charge >= 0.3 is 6.18 Å². The van der Waals surface area contributed by atoms with Gasteiger partial charge < -0.3 is 0 Å². The van der Waals surface area contributed by atoms with E-state index >= 15 is 0 Å². The highest BCUT2D eigenvalue weighted by Gasteiger charge is 2.37. The molecular weight excluding hydrogens is 273 g/mol. The molecule has 0 aliphatic rings. The molecule has 1 unspecified atom stereocenters. The van der Waals surface area contributed by atoms with Crippen LogP contribution in [0.25, 0.3) is 0 Å². The van der Waals surface area contributed by atoms with Gasteiger partial charge in [-0.1, -0.05) is 20.8 Å². The van der Waals surface area contributed by atoms with E-state index in [-0.39, 0.29) is 11.5 Å². The van der Waals surface area contributed by atoms with Gasteiger partial charge in [-0.3, -0.25) is 5.10 Å². The van der Waals surface area contributed by atoms with E-state index in [0.717, 1.165) is 10.4 Å². The lowest BCUT2D eigenvalue weighted by Gasteiger charge is -2.15. The molecule has 1 N–H and O–H groups in total. The monoisotopic (exact) mass is 288 g/mol.